The van der Waals surface area contributed by atoms with E-state index in [9.17, 15) is 14.9 Å². The van der Waals surface area contributed by atoms with Gasteiger partial charge < -0.3 is 10.4 Å². The van der Waals surface area contributed by atoms with Gasteiger partial charge in [0.2, 0.25) is 0 Å². The third-order valence-corrected chi connectivity index (χ3v) is 3.35. The molecule has 1 aromatic heterocycles. The fraction of sp³-hybridized carbons (Fsp3) is 0.0769. The smallest absolute Gasteiger partial charge is 0.339 e. The Kier molecular flexibility index (Phi) is 4.18. The van der Waals surface area contributed by atoms with Crippen molar-refractivity contribution in [1.82, 2.24) is 4.98 Å². The number of halogens is 1. The summed E-state index contributed by atoms with van der Waals surface area (Å²) in [5.74, 6) is -1.26. The normalized spacial score (nSPS) is 10.2. The zero-order chi connectivity index (χ0) is 15.6. The van der Waals surface area contributed by atoms with Crippen LogP contribution in [0.2, 0.25) is 0 Å². The molecule has 0 fully saturated rings. The molecule has 1 aromatic carbocycles. The molecule has 0 aliphatic rings. The maximum Gasteiger partial charge on any atom is 0.339 e. The van der Waals surface area contributed by atoms with Crippen molar-refractivity contribution in [3.8, 4) is 0 Å². The lowest BCUT2D eigenvalue weighted by Gasteiger charge is -2.10. The highest BCUT2D eigenvalue weighted by molar-refractivity contribution is 9.10. The van der Waals surface area contributed by atoms with Crippen LogP contribution in [0.25, 0.3) is 0 Å². The van der Waals surface area contributed by atoms with Crippen LogP contribution in [-0.2, 0) is 0 Å². The van der Waals surface area contributed by atoms with Gasteiger partial charge in [-0.25, -0.2) is 9.78 Å². The van der Waals surface area contributed by atoms with E-state index in [1.54, 1.807) is 6.07 Å². The van der Waals surface area contributed by atoms with Crippen molar-refractivity contribution in [1.29, 1.82) is 0 Å². The van der Waals surface area contributed by atoms with Gasteiger partial charge in [0.15, 0.2) is 0 Å². The van der Waals surface area contributed by atoms with Gasteiger partial charge in [0, 0.05) is 10.5 Å². The Morgan fingerprint density at radius 3 is 2.71 bits per heavy atom. The molecule has 0 bridgehead atoms. The number of anilines is 2. The number of aryl methyl sites for hydroxylation is 1. The lowest BCUT2D eigenvalue weighted by molar-refractivity contribution is -0.385. The van der Waals surface area contributed by atoms with Crippen LogP contribution in [0.5, 0.6) is 0 Å². The molecule has 0 aliphatic carbocycles. The van der Waals surface area contributed by atoms with Crippen LogP contribution < -0.4 is 5.32 Å². The summed E-state index contributed by atoms with van der Waals surface area (Å²) in [5.41, 5.74) is 1.00. The number of carboxylic acids is 1. The van der Waals surface area contributed by atoms with Gasteiger partial charge in [-0.2, -0.15) is 0 Å². The van der Waals surface area contributed by atoms with E-state index in [2.05, 4.69) is 26.2 Å². The van der Waals surface area contributed by atoms with Crippen molar-refractivity contribution >= 4 is 39.1 Å². The Hall–Kier alpha value is -2.48. The zero-order valence-corrected chi connectivity index (χ0v) is 12.4. The molecule has 0 aliphatic heterocycles. The fourth-order valence-electron chi connectivity index (χ4n) is 1.67. The van der Waals surface area contributed by atoms with E-state index in [1.807, 2.05) is 19.1 Å². The molecule has 0 atom stereocenters. The summed E-state index contributed by atoms with van der Waals surface area (Å²) in [4.78, 5) is 25.0. The Morgan fingerprint density at radius 1 is 1.43 bits per heavy atom. The predicted molar refractivity (Wildman–Crippen MR) is 80.0 cm³/mol. The number of rotatable bonds is 4. The van der Waals surface area contributed by atoms with E-state index in [1.165, 1.54) is 0 Å². The van der Waals surface area contributed by atoms with Crippen LogP contribution in [0.3, 0.4) is 0 Å². The van der Waals surface area contributed by atoms with Gasteiger partial charge in [0.1, 0.15) is 17.6 Å². The molecule has 8 heteroatoms. The van der Waals surface area contributed by atoms with Gasteiger partial charge in [-0.05, 0) is 40.5 Å². The molecule has 108 valence electrons. The van der Waals surface area contributed by atoms with Crippen LogP contribution in [0.1, 0.15) is 15.9 Å². The molecular formula is C13H10BrN3O4. The van der Waals surface area contributed by atoms with Crippen LogP contribution in [0, 0.1) is 17.0 Å². The number of aromatic nitrogens is 1. The van der Waals surface area contributed by atoms with E-state index in [0.29, 0.717) is 5.69 Å². The number of carbonyl (C=O) groups is 1. The highest BCUT2D eigenvalue weighted by Crippen LogP contribution is 2.28. The zero-order valence-electron chi connectivity index (χ0n) is 10.8. The number of hydrogen-bond donors (Lipinski definition) is 2. The standard InChI is InChI=1S/C13H10BrN3O4/c1-7-2-3-11(10(14)4-7)16-12-9(13(18)19)5-8(6-15-12)17(20)21/h2-6H,1H3,(H,15,16)(H,18,19). The number of benzene rings is 1. The number of aromatic carboxylic acids is 1. The summed E-state index contributed by atoms with van der Waals surface area (Å²) >= 11 is 3.36. The molecule has 0 spiro atoms. The molecule has 0 amide bonds. The average Bonchev–Trinajstić information content (AvgIpc) is 2.41. The second-order valence-electron chi connectivity index (χ2n) is 4.26. The second kappa shape index (κ2) is 5.88. The first kappa shape index (κ1) is 14.9. The van der Waals surface area contributed by atoms with Crippen molar-refractivity contribution < 1.29 is 14.8 Å². The number of nitrogens with one attached hydrogen (secondary N) is 1. The van der Waals surface area contributed by atoms with Gasteiger partial charge in [-0.1, -0.05) is 6.07 Å². The highest BCUT2D eigenvalue weighted by Gasteiger charge is 2.18. The number of nitro groups is 1. The van der Waals surface area contributed by atoms with Crippen LogP contribution >= 0.6 is 15.9 Å². The van der Waals surface area contributed by atoms with Crippen molar-refractivity contribution in [2.24, 2.45) is 0 Å². The summed E-state index contributed by atoms with van der Waals surface area (Å²) in [5, 5.41) is 22.7. The van der Waals surface area contributed by atoms with Crippen molar-refractivity contribution in [2.45, 2.75) is 6.92 Å². The Morgan fingerprint density at radius 2 is 2.14 bits per heavy atom. The van der Waals surface area contributed by atoms with Crippen LogP contribution in [0.4, 0.5) is 17.2 Å². The minimum absolute atomic E-state index is 0.0395. The minimum Gasteiger partial charge on any atom is -0.478 e. The number of pyridine rings is 1. The summed E-state index contributed by atoms with van der Waals surface area (Å²) in [6.07, 6.45) is 1.01. The molecular weight excluding hydrogens is 342 g/mol. The first-order chi connectivity index (χ1) is 9.88. The minimum atomic E-state index is -1.29. The molecule has 0 unspecified atom stereocenters. The number of hydrogen-bond acceptors (Lipinski definition) is 5. The van der Waals surface area contributed by atoms with E-state index >= 15 is 0 Å². The van der Waals surface area contributed by atoms with Gasteiger partial charge >= 0.3 is 5.97 Å². The topological polar surface area (TPSA) is 105 Å². The summed E-state index contributed by atoms with van der Waals surface area (Å²) in [6, 6.07) is 6.43. The highest BCUT2D eigenvalue weighted by atomic mass is 79.9. The van der Waals surface area contributed by atoms with E-state index in [-0.39, 0.29) is 17.1 Å². The largest absolute Gasteiger partial charge is 0.478 e. The maximum atomic E-state index is 11.2. The number of nitrogens with zero attached hydrogens (tertiary/aromatic N) is 2. The first-order valence-corrected chi connectivity index (χ1v) is 6.58. The van der Waals surface area contributed by atoms with Gasteiger partial charge in [0.05, 0.1) is 10.6 Å². The third-order valence-electron chi connectivity index (χ3n) is 2.69. The molecule has 7 nitrogen and oxygen atoms in total. The van der Waals surface area contributed by atoms with E-state index in [0.717, 1.165) is 22.3 Å². The predicted octanol–water partition coefficient (Wildman–Crippen LogP) is 3.50. The average molecular weight is 352 g/mol. The first-order valence-electron chi connectivity index (χ1n) is 5.79. The monoisotopic (exact) mass is 351 g/mol. The number of carboxylic acid groups (broad SMARTS) is 1. The lowest BCUT2D eigenvalue weighted by atomic mass is 10.2. The summed E-state index contributed by atoms with van der Waals surface area (Å²) in [7, 11) is 0. The summed E-state index contributed by atoms with van der Waals surface area (Å²) in [6.45, 7) is 1.92. The SMILES string of the molecule is Cc1ccc(Nc2ncc([N+](=O)[O-])cc2C(=O)O)c(Br)c1. The fourth-order valence-corrected chi connectivity index (χ4v) is 2.26. The molecule has 2 N–H and O–H groups in total. The van der Waals surface area contributed by atoms with Gasteiger partial charge in [0.25, 0.3) is 5.69 Å². The molecule has 2 rings (SSSR count). The molecule has 0 saturated heterocycles. The van der Waals surface area contributed by atoms with E-state index < -0.39 is 10.9 Å². The molecule has 2 aromatic rings. The third kappa shape index (κ3) is 3.34. The lowest BCUT2D eigenvalue weighted by Crippen LogP contribution is -2.06. The molecule has 0 saturated carbocycles. The van der Waals surface area contributed by atoms with Crippen LogP contribution in [-0.4, -0.2) is 21.0 Å². The van der Waals surface area contributed by atoms with E-state index in [4.69, 9.17) is 5.11 Å². The molecule has 21 heavy (non-hydrogen) atoms. The summed E-state index contributed by atoms with van der Waals surface area (Å²) < 4.78 is 0.735. The van der Waals surface area contributed by atoms with Crippen molar-refractivity contribution in [3.05, 3.63) is 56.2 Å². The Balaban J connectivity index is 2.44. The molecule has 1 heterocycles. The van der Waals surface area contributed by atoms with Crippen LogP contribution in [0.15, 0.2) is 34.9 Å². The maximum absolute atomic E-state index is 11.2. The van der Waals surface area contributed by atoms with Crippen molar-refractivity contribution in [3.63, 3.8) is 0 Å². The second-order valence-corrected chi connectivity index (χ2v) is 5.11. The van der Waals surface area contributed by atoms with Gasteiger partial charge in [-0.3, -0.25) is 10.1 Å². The Labute approximate surface area is 127 Å². The quantitative estimate of drug-likeness (QED) is 0.644. The van der Waals surface area contributed by atoms with Gasteiger partial charge in [-0.15, -0.1) is 0 Å². The van der Waals surface area contributed by atoms with Crippen molar-refractivity contribution in [2.75, 3.05) is 5.32 Å². The molecule has 0 radical (unpaired) electrons. The Bertz CT molecular complexity index is 733.